The second-order valence-electron chi connectivity index (χ2n) is 6.19. The van der Waals surface area contributed by atoms with Gasteiger partial charge in [-0.25, -0.2) is 4.79 Å². The van der Waals surface area contributed by atoms with Crippen LogP contribution in [0.15, 0.2) is 0 Å². The minimum Gasteiger partial charge on any atom is -0.475 e. The summed E-state index contributed by atoms with van der Waals surface area (Å²) in [7, 11) is 0. The minimum absolute atomic E-state index is 0.162. The molecule has 2 N–H and O–H groups in total. The maximum Gasteiger partial charge on any atom is 0.380 e. The third-order valence-corrected chi connectivity index (χ3v) is 4.05. The number of aliphatic hydroxyl groups is 1. The summed E-state index contributed by atoms with van der Waals surface area (Å²) in [4.78, 5) is 32.5. The van der Waals surface area contributed by atoms with Crippen LogP contribution in [0, 0.1) is 0 Å². The van der Waals surface area contributed by atoms with Crippen molar-refractivity contribution in [3.05, 3.63) is 0 Å². The molecule has 0 fully saturated rings. The smallest absolute Gasteiger partial charge is 0.380 e. The standard InChI is InChI=1S/C18H32O5/c1-2-3-4-5-6-7-8-9-10-11-12-13-14-15(19)16(20)17(21)18(22)23/h15,19H,2-14H2,1H3,(H,22,23). The van der Waals surface area contributed by atoms with Crippen LogP contribution >= 0.6 is 0 Å². The summed E-state index contributed by atoms with van der Waals surface area (Å²) in [6.07, 6.45) is 12.8. The van der Waals surface area contributed by atoms with E-state index in [1.54, 1.807) is 0 Å². The molecule has 0 saturated carbocycles. The molecule has 0 radical (unpaired) electrons. The van der Waals surface area contributed by atoms with Gasteiger partial charge in [-0.15, -0.1) is 0 Å². The fraction of sp³-hybridized carbons (Fsp3) is 0.833. The van der Waals surface area contributed by atoms with Gasteiger partial charge < -0.3 is 10.2 Å². The van der Waals surface area contributed by atoms with Crippen molar-refractivity contribution in [1.82, 2.24) is 0 Å². The summed E-state index contributed by atoms with van der Waals surface area (Å²) >= 11 is 0. The molecule has 0 aromatic carbocycles. The van der Waals surface area contributed by atoms with Crippen molar-refractivity contribution >= 4 is 17.5 Å². The van der Waals surface area contributed by atoms with Gasteiger partial charge in [0.15, 0.2) is 0 Å². The van der Waals surface area contributed by atoms with Gasteiger partial charge in [0.05, 0.1) is 0 Å². The molecule has 0 aliphatic heterocycles. The molecule has 0 aromatic heterocycles. The van der Waals surface area contributed by atoms with Crippen molar-refractivity contribution in [2.75, 3.05) is 0 Å². The van der Waals surface area contributed by atoms with Gasteiger partial charge in [0.1, 0.15) is 6.10 Å². The predicted molar refractivity (Wildman–Crippen MR) is 89.4 cm³/mol. The van der Waals surface area contributed by atoms with Gasteiger partial charge in [-0.2, -0.15) is 0 Å². The molecular weight excluding hydrogens is 296 g/mol. The molecule has 0 aliphatic carbocycles. The van der Waals surface area contributed by atoms with Crippen LogP contribution in [0.4, 0.5) is 0 Å². The van der Waals surface area contributed by atoms with E-state index in [0.29, 0.717) is 6.42 Å². The van der Waals surface area contributed by atoms with Crippen LogP contribution < -0.4 is 0 Å². The first kappa shape index (κ1) is 21.8. The molecule has 0 saturated heterocycles. The van der Waals surface area contributed by atoms with E-state index in [9.17, 15) is 19.5 Å². The van der Waals surface area contributed by atoms with Crippen LogP contribution in [0.3, 0.4) is 0 Å². The zero-order chi connectivity index (χ0) is 17.5. The van der Waals surface area contributed by atoms with Crippen molar-refractivity contribution in [2.24, 2.45) is 0 Å². The normalized spacial score (nSPS) is 12.1. The van der Waals surface area contributed by atoms with Crippen LogP contribution in [0.2, 0.25) is 0 Å². The summed E-state index contributed by atoms with van der Waals surface area (Å²) in [5.41, 5.74) is 0. The molecule has 23 heavy (non-hydrogen) atoms. The molecule has 1 unspecified atom stereocenters. The van der Waals surface area contributed by atoms with Crippen molar-refractivity contribution in [2.45, 2.75) is 96.5 Å². The lowest BCUT2D eigenvalue weighted by Crippen LogP contribution is -2.33. The van der Waals surface area contributed by atoms with Crippen LogP contribution in [-0.4, -0.2) is 33.9 Å². The Morgan fingerprint density at radius 2 is 1.13 bits per heavy atom. The molecule has 5 heteroatoms. The third-order valence-electron chi connectivity index (χ3n) is 4.05. The van der Waals surface area contributed by atoms with Gasteiger partial charge in [-0.05, 0) is 6.42 Å². The number of hydrogen-bond donors (Lipinski definition) is 2. The van der Waals surface area contributed by atoms with Crippen LogP contribution in [-0.2, 0) is 14.4 Å². The fourth-order valence-corrected chi connectivity index (χ4v) is 2.57. The third kappa shape index (κ3) is 11.9. The first-order valence-electron chi connectivity index (χ1n) is 9.00. The molecule has 134 valence electrons. The number of Topliss-reactive ketones (excluding diaryl/α,β-unsaturated/α-hetero) is 2. The SMILES string of the molecule is CCCCCCCCCCCCCCC(O)C(=O)C(=O)C(=O)O. The summed E-state index contributed by atoms with van der Waals surface area (Å²) in [5, 5.41) is 17.9. The first-order valence-corrected chi connectivity index (χ1v) is 9.00. The van der Waals surface area contributed by atoms with Crippen molar-refractivity contribution < 1.29 is 24.6 Å². The quantitative estimate of drug-likeness (QED) is 0.256. The molecule has 1 atom stereocenters. The molecule has 0 rings (SSSR count). The highest BCUT2D eigenvalue weighted by Crippen LogP contribution is 2.13. The maximum atomic E-state index is 11.2. The molecule has 5 nitrogen and oxygen atoms in total. The summed E-state index contributed by atoms with van der Waals surface area (Å²) in [6, 6.07) is 0. The topological polar surface area (TPSA) is 91.7 Å². The Morgan fingerprint density at radius 3 is 1.52 bits per heavy atom. The van der Waals surface area contributed by atoms with Gasteiger partial charge in [0, 0.05) is 0 Å². The number of carboxylic acid groups (broad SMARTS) is 1. The maximum absolute atomic E-state index is 11.2. The van der Waals surface area contributed by atoms with E-state index in [-0.39, 0.29) is 6.42 Å². The monoisotopic (exact) mass is 328 g/mol. The Labute approximate surface area is 139 Å². The Hall–Kier alpha value is -1.23. The molecule has 0 spiro atoms. The number of rotatable bonds is 16. The van der Waals surface area contributed by atoms with Crippen LogP contribution in [0.5, 0.6) is 0 Å². The Balaban J connectivity index is 3.41. The molecule has 0 amide bonds. The van der Waals surface area contributed by atoms with E-state index in [1.165, 1.54) is 51.4 Å². The number of aliphatic hydroxyl groups excluding tert-OH is 1. The van der Waals surface area contributed by atoms with Crippen LogP contribution in [0.1, 0.15) is 90.4 Å². The number of carbonyl (C=O) groups is 3. The lowest BCUT2D eigenvalue weighted by atomic mass is 10.0. The highest BCUT2D eigenvalue weighted by Gasteiger charge is 2.27. The average molecular weight is 328 g/mol. The molecule has 0 bridgehead atoms. The Kier molecular flexibility index (Phi) is 13.6. The zero-order valence-corrected chi connectivity index (χ0v) is 14.4. The van der Waals surface area contributed by atoms with Crippen molar-refractivity contribution in [1.29, 1.82) is 0 Å². The van der Waals surface area contributed by atoms with Crippen molar-refractivity contribution in [3.63, 3.8) is 0 Å². The summed E-state index contributed by atoms with van der Waals surface area (Å²) in [5.74, 6) is -4.54. The van der Waals surface area contributed by atoms with Crippen molar-refractivity contribution in [3.8, 4) is 0 Å². The molecular formula is C18H32O5. The van der Waals surface area contributed by atoms with Gasteiger partial charge in [0.2, 0.25) is 5.78 Å². The molecule has 0 aromatic rings. The van der Waals surface area contributed by atoms with E-state index < -0.39 is 23.6 Å². The molecule has 0 aliphatic rings. The van der Waals surface area contributed by atoms with Crippen LogP contribution in [0.25, 0.3) is 0 Å². The van der Waals surface area contributed by atoms with E-state index >= 15 is 0 Å². The van der Waals surface area contributed by atoms with Gasteiger partial charge in [-0.3, -0.25) is 9.59 Å². The number of carbonyl (C=O) groups excluding carboxylic acids is 2. The molecule has 0 heterocycles. The number of hydrogen-bond acceptors (Lipinski definition) is 4. The van der Waals surface area contributed by atoms with Gasteiger partial charge in [0.25, 0.3) is 0 Å². The highest BCUT2D eigenvalue weighted by molar-refractivity contribution is 6.62. The predicted octanol–water partition coefficient (Wildman–Crippen LogP) is 3.66. The minimum atomic E-state index is -1.80. The van der Waals surface area contributed by atoms with E-state index in [0.717, 1.165) is 19.3 Å². The lowest BCUT2D eigenvalue weighted by molar-refractivity contribution is -0.155. The second kappa shape index (κ2) is 14.4. The largest absolute Gasteiger partial charge is 0.475 e. The summed E-state index contributed by atoms with van der Waals surface area (Å²) in [6.45, 7) is 2.22. The number of aliphatic carboxylic acids is 1. The summed E-state index contributed by atoms with van der Waals surface area (Å²) < 4.78 is 0. The van der Waals surface area contributed by atoms with Gasteiger partial charge >= 0.3 is 11.8 Å². The lowest BCUT2D eigenvalue weighted by Gasteiger charge is -2.07. The fourth-order valence-electron chi connectivity index (χ4n) is 2.57. The number of carboxylic acids is 1. The van der Waals surface area contributed by atoms with E-state index in [1.807, 2.05) is 0 Å². The van der Waals surface area contributed by atoms with Gasteiger partial charge in [-0.1, -0.05) is 84.0 Å². The first-order chi connectivity index (χ1) is 11.0. The highest BCUT2D eigenvalue weighted by atomic mass is 16.4. The Bertz CT molecular complexity index is 351. The second-order valence-corrected chi connectivity index (χ2v) is 6.19. The zero-order valence-electron chi connectivity index (χ0n) is 14.4. The number of unbranched alkanes of at least 4 members (excludes halogenated alkanes) is 11. The average Bonchev–Trinajstić information content (AvgIpc) is 2.54. The number of ketones is 2. The van der Waals surface area contributed by atoms with E-state index in [4.69, 9.17) is 5.11 Å². The van der Waals surface area contributed by atoms with E-state index in [2.05, 4.69) is 6.92 Å². The Morgan fingerprint density at radius 1 is 0.739 bits per heavy atom.